The lowest BCUT2D eigenvalue weighted by molar-refractivity contribution is -0.119. The van der Waals surface area contributed by atoms with Gasteiger partial charge in [-0.3, -0.25) is 9.59 Å². The van der Waals surface area contributed by atoms with Gasteiger partial charge >= 0.3 is 0 Å². The van der Waals surface area contributed by atoms with E-state index in [0.29, 0.717) is 12.1 Å². The number of benzene rings is 1. The summed E-state index contributed by atoms with van der Waals surface area (Å²) in [5.74, 6) is -0.0320. The second-order valence-electron chi connectivity index (χ2n) is 5.43. The quantitative estimate of drug-likeness (QED) is 0.866. The standard InChI is InChI=1S/C18H18N2O2S/c21-17(8-7-14-9-11-23-13-14)19-15-4-3-5-16(12-15)20-10-2-1-6-18(20)22/h3-5,7-9,11-13H,1-2,6,10H2,(H,19,21)/b8-7+. The van der Waals surface area contributed by atoms with E-state index in [9.17, 15) is 9.59 Å². The van der Waals surface area contributed by atoms with Gasteiger partial charge < -0.3 is 10.2 Å². The predicted octanol–water partition coefficient (Wildman–Crippen LogP) is 3.92. The fraction of sp³-hybridized carbons (Fsp3) is 0.222. The van der Waals surface area contributed by atoms with Gasteiger partial charge in [-0.2, -0.15) is 11.3 Å². The molecule has 5 heteroatoms. The largest absolute Gasteiger partial charge is 0.322 e. The normalized spacial score (nSPS) is 15.1. The Morgan fingerprint density at radius 3 is 2.96 bits per heavy atom. The van der Waals surface area contributed by atoms with Crippen molar-refractivity contribution in [2.75, 3.05) is 16.8 Å². The van der Waals surface area contributed by atoms with E-state index in [1.165, 1.54) is 6.08 Å². The molecule has 1 aromatic carbocycles. The lowest BCUT2D eigenvalue weighted by Gasteiger charge is -2.27. The number of nitrogens with one attached hydrogen (secondary N) is 1. The molecule has 0 spiro atoms. The van der Waals surface area contributed by atoms with Crippen LogP contribution in [-0.4, -0.2) is 18.4 Å². The highest BCUT2D eigenvalue weighted by molar-refractivity contribution is 7.08. The summed E-state index contributed by atoms with van der Waals surface area (Å²) < 4.78 is 0. The molecule has 1 aromatic heterocycles. The van der Waals surface area contributed by atoms with Crippen LogP contribution in [0.15, 0.2) is 47.2 Å². The Morgan fingerprint density at radius 2 is 2.17 bits per heavy atom. The van der Waals surface area contributed by atoms with Gasteiger partial charge in [0.15, 0.2) is 0 Å². The molecule has 1 saturated heterocycles. The highest BCUT2D eigenvalue weighted by atomic mass is 32.1. The first-order chi connectivity index (χ1) is 11.2. The molecule has 0 unspecified atom stereocenters. The van der Waals surface area contributed by atoms with Crippen molar-refractivity contribution in [1.29, 1.82) is 0 Å². The van der Waals surface area contributed by atoms with Gasteiger partial charge in [0.2, 0.25) is 11.8 Å². The molecule has 1 aliphatic heterocycles. The van der Waals surface area contributed by atoms with E-state index in [1.54, 1.807) is 22.3 Å². The van der Waals surface area contributed by atoms with Crippen molar-refractivity contribution in [3.63, 3.8) is 0 Å². The van der Waals surface area contributed by atoms with Crippen LogP contribution in [-0.2, 0) is 9.59 Å². The lowest BCUT2D eigenvalue weighted by atomic mass is 10.1. The summed E-state index contributed by atoms with van der Waals surface area (Å²) in [6.45, 7) is 0.744. The third-order valence-electron chi connectivity index (χ3n) is 3.72. The van der Waals surface area contributed by atoms with Gasteiger partial charge in [-0.05, 0) is 59.5 Å². The molecule has 0 saturated carbocycles. The zero-order valence-corrected chi connectivity index (χ0v) is 13.5. The number of amides is 2. The van der Waals surface area contributed by atoms with Crippen molar-refractivity contribution in [1.82, 2.24) is 0 Å². The molecule has 0 bridgehead atoms. The molecule has 2 amide bonds. The SMILES string of the molecule is O=C(/C=C/c1ccsc1)Nc1cccc(N2CCCCC2=O)c1. The van der Waals surface area contributed by atoms with Crippen molar-refractivity contribution in [3.8, 4) is 0 Å². The zero-order valence-electron chi connectivity index (χ0n) is 12.7. The number of anilines is 2. The number of carbonyl (C=O) groups is 2. The van der Waals surface area contributed by atoms with Crippen molar-refractivity contribution in [2.45, 2.75) is 19.3 Å². The van der Waals surface area contributed by atoms with Gasteiger partial charge in [0.1, 0.15) is 0 Å². The van der Waals surface area contributed by atoms with Gasteiger partial charge in [-0.25, -0.2) is 0 Å². The first-order valence-electron chi connectivity index (χ1n) is 7.64. The molecule has 118 valence electrons. The van der Waals surface area contributed by atoms with Crippen LogP contribution in [0.1, 0.15) is 24.8 Å². The minimum atomic E-state index is -0.182. The van der Waals surface area contributed by atoms with E-state index < -0.39 is 0 Å². The molecule has 4 nitrogen and oxygen atoms in total. The topological polar surface area (TPSA) is 49.4 Å². The molecular formula is C18H18N2O2S. The molecular weight excluding hydrogens is 308 g/mol. The molecule has 2 aromatic rings. The van der Waals surface area contributed by atoms with Crippen LogP contribution in [0.5, 0.6) is 0 Å². The first kappa shape index (κ1) is 15.5. The Kier molecular flexibility index (Phi) is 4.88. The number of nitrogens with zero attached hydrogens (tertiary/aromatic N) is 1. The Bertz CT molecular complexity index is 722. The summed E-state index contributed by atoms with van der Waals surface area (Å²) >= 11 is 1.59. The monoisotopic (exact) mass is 326 g/mol. The summed E-state index contributed by atoms with van der Waals surface area (Å²) in [5, 5.41) is 6.79. The van der Waals surface area contributed by atoms with E-state index in [0.717, 1.165) is 30.6 Å². The number of thiophene rings is 1. The van der Waals surface area contributed by atoms with Gasteiger partial charge in [-0.1, -0.05) is 6.07 Å². The van der Waals surface area contributed by atoms with Crippen molar-refractivity contribution in [3.05, 3.63) is 52.7 Å². The maximum atomic E-state index is 12.0. The van der Waals surface area contributed by atoms with Crippen LogP contribution >= 0.6 is 11.3 Å². The highest BCUT2D eigenvalue weighted by Gasteiger charge is 2.19. The maximum Gasteiger partial charge on any atom is 0.248 e. The van der Waals surface area contributed by atoms with Crippen LogP contribution < -0.4 is 10.2 Å². The minimum absolute atomic E-state index is 0.150. The van der Waals surface area contributed by atoms with Crippen LogP contribution in [0.25, 0.3) is 6.08 Å². The fourth-order valence-corrected chi connectivity index (χ4v) is 3.18. The van der Waals surface area contributed by atoms with Crippen LogP contribution in [0, 0.1) is 0 Å². The Labute approximate surface area is 139 Å². The average molecular weight is 326 g/mol. The average Bonchev–Trinajstić information content (AvgIpc) is 3.07. The number of hydrogen-bond donors (Lipinski definition) is 1. The lowest BCUT2D eigenvalue weighted by Crippen LogP contribution is -2.35. The molecule has 1 fully saturated rings. The summed E-state index contributed by atoms with van der Waals surface area (Å²) in [6, 6.07) is 9.39. The van der Waals surface area contributed by atoms with Crippen molar-refractivity contribution in [2.24, 2.45) is 0 Å². The van der Waals surface area contributed by atoms with E-state index in [4.69, 9.17) is 0 Å². The number of piperidine rings is 1. The van der Waals surface area contributed by atoms with Crippen molar-refractivity contribution >= 4 is 40.6 Å². The van der Waals surface area contributed by atoms with E-state index in [1.807, 2.05) is 41.1 Å². The second kappa shape index (κ2) is 7.24. The van der Waals surface area contributed by atoms with Crippen LogP contribution in [0.4, 0.5) is 11.4 Å². The summed E-state index contributed by atoms with van der Waals surface area (Å²) in [4.78, 5) is 25.8. The smallest absolute Gasteiger partial charge is 0.248 e. The molecule has 1 N–H and O–H groups in total. The van der Waals surface area contributed by atoms with Gasteiger partial charge in [0.05, 0.1) is 0 Å². The first-order valence-corrected chi connectivity index (χ1v) is 8.58. The Balaban J connectivity index is 1.67. The van der Waals surface area contributed by atoms with Crippen LogP contribution in [0.3, 0.4) is 0 Å². The van der Waals surface area contributed by atoms with Gasteiger partial charge in [-0.15, -0.1) is 0 Å². The minimum Gasteiger partial charge on any atom is -0.322 e. The molecule has 0 atom stereocenters. The molecule has 2 heterocycles. The highest BCUT2D eigenvalue weighted by Crippen LogP contribution is 2.23. The van der Waals surface area contributed by atoms with Crippen LogP contribution in [0.2, 0.25) is 0 Å². The van der Waals surface area contributed by atoms with E-state index in [2.05, 4.69) is 5.32 Å². The molecule has 3 rings (SSSR count). The summed E-state index contributed by atoms with van der Waals surface area (Å²) in [6.07, 6.45) is 5.87. The number of carbonyl (C=O) groups excluding carboxylic acids is 2. The molecule has 1 aliphatic rings. The maximum absolute atomic E-state index is 12.0. The van der Waals surface area contributed by atoms with E-state index in [-0.39, 0.29) is 11.8 Å². The Hall–Kier alpha value is -2.40. The summed E-state index contributed by atoms with van der Waals surface area (Å²) in [7, 11) is 0. The second-order valence-corrected chi connectivity index (χ2v) is 6.21. The van der Waals surface area contributed by atoms with Gasteiger partial charge in [0, 0.05) is 30.4 Å². The van der Waals surface area contributed by atoms with E-state index >= 15 is 0 Å². The van der Waals surface area contributed by atoms with Crippen molar-refractivity contribution < 1.29 is 9.59 Å². The molecule has 0 radical (unpaired) electrons. The number of hydrogen-bond acceptors (Lipinski definition) is 3. The zero-order chi connectivity index (χ0) is 16.1. The third-order valence-corrected chi connectivity index (χ3v) is 4.42. The molecule has 0 aliphatic carbocycles. The van der Waals surface area contributed by atoms with Gasteiger partial charge in [0.25, 0.3) is 0 Å². The summed E-state index contributed by atoms with van der Waals surface area (Å²) in [5.41, 5.74) is 2.55. The third kappa shape index (κ3) is 4.07. The molecule has 23 heavy (non-hydrogen) atoms. The Morgan fingerprint density at radius 1 is 1.26 bits per heavy atom. The fourth-order valence-electron chi connectivity index (χ4n) is 2.56. The predicted molar refractivity (Wildman–Crippen MR) is 94.6 cm³/mol. The number of rotatable bonds is 4.